The monoisotopic (exact) mass is 285 g/mol. The molecule has 1 aromatic carbocycles. The molecule has 0 fully saturated rings. The predicted molar refractivity (Wildman–Crippen MR) is 75.6 cm³/mol. The first kappa shape index (κ1) is 16.0. The molecule has 0 bridgehead atoms. The van der Waals surface area contributed by atoms with E-state index in [0.717, 1.165) is 11.3 Å². The Morgan fingerprint density at radius 2 is 2.00 bits per heavy atom. The van der Waals surface area contributed by atoms with Crippen molar-refractivity contribution < 1.29 is 14.3 Å². The minimum absolute atomic E-state index is 0.0505. The van der Waals surface area contributed by atoms with Gasteiger partial charge in [0.05, 0.1) is 18.4 Å². The van der Waals surface area contributed by atoms with Crippen molar-refractivity contribution in [2.24, 2.45) is 5.92 Å². The highest BCUT2D eigenvalue weighted by molar-refractivity contribution is 8.00. The maximum absolute atomic E-state index is 12.7. The number of carbonyl (C=O) groups is 1. The van der Waals surface area contributed by atoms with Crippen LogP contribution in [0.25, 0.3) is 0 Å². The van der Waals surface area contributed by atoms with Crippen LogP contribution in [0.3, 0.4) is 0 Å². The Balaban J connectivity index is 2.36. The molecule has 3 nitrogen and oxygen atoms in total. The molecule has 5 heteroatoms. The van der Waals surface area contributed by atoms with E-state index in [1.807, 2.05) is 13.8 Å². The number of aliphatic hydroxyl groups excluding tert-OH is 1. The van der Waals surface area contributed by atoms with Gasteiger partial charge in [-0.1, -0.05) is 13.8 Å². The highest BCUT2D eigenvalue weighted by Gasteiger charge is 2.13. The van der Waals surface area contributed by atoms with Crippen LogP contribution in [-0.2, 0) is 4.79 Å². The first-order valence-corrected chi connectivity index (χ1v) is 7.28. The molecule has 106 valence electrons. The van der Waals surface area contributed by atoms with Gasteiger partial charge < -0.3 is 10.4 Å². The molecule has 2 N–H and O–H groups in total. The van der Waals surface area contributed by atoms with Crippen LogP contribution in [0, 0.1) is 11.7 Å². The summed E-state index contributed by atoms with van der Waals surface area (Å²) < 4.78 is 12.7. The van der Waals surface area contributed by atoms with Crippen LogP contribution in [0.5, 0.6) is 0 Å². The van der Waals surface area contributed by atoms with E-state index in [-0.39, 0.29) is 30.1 Å². The lowest BCUT2D eigenvalue weighted by Gasteiger charge is -2.18. The number of amides is 1. The van der Waals surface area contributed by atoms with Gasteiger partial charge >= 0.3 is 0 Å². The summed E-state index contributed by atoms with van der Waals surface area (Å²) in [7, 11) is 0. The van der Waals surface area contributed by atoms with E-state index in [0.29, 0.717) is 5.92 Å². The van der Waals surface area contributed by atoms with Crippen molar-refractivity contribution in [1.82, 2.24) is 5.32 Å². The number of aliphatic hydroxyl groups is 1. The summed E-state index contributed by atoms with van der Waals surface area (Å²) in [6, 6.07) is 5.84. The number of nitrogens with one attached hydrogen (secondary N) is 1. The summed E-state index contributed by atoms with van der Waals surface area (Å²) in [6.45, 7) is 4.04. The fourth-order valence-corrected chi connectivity index (χ4v) is 2.41. The average Bonchev–Trinajstić information content (AvgIpc) is 2.36. The highest BCUT2D eigenvalue weighted by Crippen LogP contribution is 2.17. The molecule has 1 unspecified atom stereocenters. The molecule has 1 atom stereocenters. The Morgan fingerprint density at radius 3 is 2.53 bits per heavy atom. The normalized spacial score (nSPS) is 12.5. The third kappa shape index (κ3) is 6.59. The Labute approximate surface area is 117 Å². The van der Waals surface area contributed by atoms with Crippen LogP contribution >= 0.6 is 11.8 Å². The molecule has 0 radical (unpaired) electrons. The Bertz CT molecular complexity index is 395. The van der Waals surface area contributed by atoms with E-state index in [2.05, 4.69) is 5.32 Å². The number of carbonyl (C=O) groups excluding carboxylic acids is 1. The van der Waals surface area contributed by atoms with E-state index in [9.17, 15) is 14.3 Å². The predicted octanol–water partition coefficient (Wildman–Crippen LogP) is 2.44. The van der Waals surface area contributed by atoms with Gasteiger partial charge in [-0.3, -0.25) is 4.79 Å². The third-order valence-corrected chi connectivity index (χ3v) is 3.54. The van der Waals surface area contributed by atoms with Crippen molar-refractivity contribution in [3.63, 3.8) is 0 Å². The maximum Gasteiger partial charge on any atom is 0.230 e. The molecule has 0 aromatic heterocycles. The van der Waals surface area contributed by atoms with E-state index >= 15 is 0 Å². The zero-order valence-corrected chi connectivity index (χ0v) is 12.0. The zero-order valence-electron chi connectivity index (χ0n) is 11.2. The lowest BCUT2D eigenvalue weighted by Crippen LogP contribution is -2.39. The van der Waals surface area contributed by atoms with Gasteiger partial charge in [0.25, 0.3) is 0 Å². The van der Waals surface area contributed by atoms with Crippen LogP contribution in [0.4, 0.5) is 4.39 Å². The van der Waals surface area contributed by atoms with Crippen LogP contribution in [0.15, 0.2) is 29.2 Å². The fraction of sp³-hybridized carbons (Fsp3) is 0.500. The summed E-state index contributed by atoms with van der Waals surface area (Å²) in [6.07, 6.45) is 0.753. The molecule has 0 aliphatic carbocycles. The minimum Gasteiger partial charge on any atom is -0.394 e. The van der Waals surface area contributed by atoms with Crippen LogP contribution in [0.2, 0.25) is 0 Å². The molecule has 0 saturated heterocycles. The standard InChI is InChI=1S/C14H20FNO2S/c1-10(2)7-12(8-17)16-14(18)9-19-13-5-3-11(15)4-6-13/h3-6,10,12,17H,7-9H2,1-2H3,(H,16,18). The van der Waals surface area contributed by atoms with Crippen molar-refractivity contribution in [1.29, 1.82) is 0 Å². The molecule has 0 saturated carbocycles. The van der Waals surface area contributed by atoms with E-state index in [1.54, 1.807) is 12.1 Å². The second-order valence-corrected chi connectivity index (χ2v) is 5.87. The second-order valence-electron chi connectivity index (χ2n) is 4.82. The highest BCUT2D eigenvalue weighted by atomic mass is 32.2. The first-order valence-electron chi connectivity index (χ1n) is 6.30. The lowest BCUT2D eigenvalue weighted by atomic mass is 10.0. The van der Waals surface area contributed by atoms with Crippen molar-refractivity contribution in [2.45, 2.75) is 31.2 Å². The van der Waals surface area contributed by atoms with Crippen molar-refractivity contribution in [3.8, 4) is 0 Å². The Kier molecular flexibility index (Phi) is 6.87. The number of hydrogen-bond donors (Lipinski definition) is 2. The summed E-state index contributed by atoms with van der Waals surface area (Å²) >= 11 is 1.35. The summed E-state index contributed by atoms with van der Waals surface area (Å²) in [5.41, 5.74) is 0. The number of thioether (sulfide) groups is 1. The average molecular weight is 285 g/mol. The topological polar surface area (TPSA) is 49.3 Å². The minimum atomic E-state index is -0.286. The molecule has 0 heterocycles. The summed E-state index contributed by atoms with van der Waals surface area (Å²) in [5, 5.41) is 12.0. The van der Waals surface area contributed by atoms with E-state index in [1.165, 1.54) is 23.9 Å². The SMILES string of the molecule is CC(C)CC(CO)NC(=O)CSc1ccc(F)cc1. The van der Waals surface area contributed by atoms with Gasteiger partial charge in [0.2, 0.25) is 5.91 Å². The molecule has 1 rings (SSSR count). The van der Waals surface area contributed by atoms with Crippen LogP contribution < -0.4 is 5.32 Å². The van der Waals surface area contributed by atoms with Crippen molar-refractivity contribution in [2.75, 3.05) is 12.4 Å². The van der Waals surface area contributed by atoms with E-state index < -0.39 is 0 Å². The fourth-order valence-electron chi connectivity index (χ4n) is 1.70. The van der Waals surface area contributed by atoms with Crippen molar-refractivity contribution >= 4 is 17.7 Å². The Morgan fingerprint density at radius 1 is 1.37 bits per heavy atom. The second kappa shape index (κ2) is 8.17. The van der Waals surface area contributed by atoms with Gasteiger partial charge in [0, 0.05) is 4.90 Å². The van der Waals surface area contributed by atoms with Crippen LogP contribution in [0.1, 0.15) is 20.3 Å². The number of halogens is 1. The zero-order chi connectivity index (χ0) is 14.3. The molecule has 19 heavy (non-hydrogen) atoms. The number of hydrogen-bond acceptors (Lipinski definition) is 3. The summed E-state index contributed by atoms with van der Waals surface area (Å²) in [5.74, 6) is 0.280. The van der Waals surface area contributed by atoms with Gasteiger partial charge in [0.1, 0.15) is 5.82 Å². The molecular weight excluding hydrogens is 265 g/mol. The van der Waals surface area contributed by atoms with Gasteiger partial charge in [0.15, 0.2) is 0 Å². The molecule has 0 aliphatic rings. The van der Waals surface area contributed by atoms with Gasteiger partial charge in [-0.05, 0) is 36.6 Å². The molecule has 1 amide bonds. The smallest absolute Gasteiger partial charge is 0.230 e. The quantitative estimate of drug-likeness (QED) is 0.757. The molecular formula is C14H20FNO2S. The third-order valence-electron chi connectivity index (χ3n) is 2.52. The number of benzene rings is 1. The van der Waals surface area contributed by atoms with Crippen LogP contribution in [-0.4, -0.2) is 29.4 Å². The Hall–Kier alpha value is -1.07. The van der Waals surface area contributed by atoms with Gasteiger partial charge in [-0.25, -0.2) is 4.39 Å². The summed E-state index contributed by atoms with van der Waals surface area (Å²) in [4.78, 5) is 12.6. The largest absolute Gasteiger partial charge is 0.394 e. The van der Waals surface area contributed by atoms with Gasteiger partial charge in [-0.2, -0.15) is 0 Å². The molecule has 1 aromatic rings. The lowest BCUT2D eigenvalue weighted by molar-refractivity contribution is -0.119. The first-order chi connectivity index (χ1) is 9.01. The molecule has 0 aliphatic heterocycles. The molecule has 0 spiro atoms. The van der Waals surface area contributed by atoms with E-state index in [4.69, 9.17) is 0 Å². The van der Waals surface area contributed by atoms with Crippen molar-refractivity contribution in [3.05, 3.63) is 30.1 Å². The number of rotatable bonds is 7. The van der Waals surface area contributed by atoms with Gasteiger partial charge in [-0.15, -0.1) is 11.8 Å². The maximum atomic E-state index is 12.7.